The van der Waals surface area contributed by atoms with Gasteiger partial charge in [0.15, 0.2) is 0 Å². The molecule has 1 rings (SSSR count). The van der Waals surface area contributed by atoms with Gasteiger partial charge < -0.3 is 14.6 Å². The van der Waals surface area contributed by atoms with Crippen molar-refractivity contribution in [2.75, 3.05) is 6.61 Å². The Morgan fingerprint density at radius 2 is 1.84 bits per heavy atom. The standard InChI is InChI=1S/C15H20O4/c1-5-18-13(14(17)19-15(2,3)4)10-11-6-8-12(16)9-7-11/h6-10,16H,5H2,1-4H3. The van der Waals surface area contributed by atoms with Crippen molar-refractivity contribution in [3.63, 3.8) is 0 Å². The molecule has 0 bridgehead atoms. The van der Waals surface area contributed by atoms with Crippen molar-refractivity contribution in [3.05, 3.63) is 35.6 Å². The highest BCUT2D eigenvalue weighted by Gasteiger charge is 2.20. The molecule has 104 valence electrons. The molecule has 1 N–H and O–H groups in total. The van der Waals surface area contributed by atoms with Crippen LogP contribution in [0.5, 0.6) is 5.75 Å². The summed E-state index contributed by atoms with van der Waals surface area (Å²) >= 11 is 0. The van der Waals surface area contributed by atoms with Gasteiger partial charge in [0, 0.05) is 0 Å². The lowest BCUT2D eigenvalue weighted by Crippen LogP contribution is -2.25. The molecule has 0 saturated heterocycles. The smallest absolute Gasteiger partial charge is 0.374 e. The first-order valence-corrected chi connectivity index (χ1v) is 6.18. The van der Waals surface area contributed by atoms with E-state index in [2.05, 4.69) is 0 Å². The van der Waals surface area contributed by atoms with E-state index in [1.54, 1.807) is 58.0 Å². The Morgan fingerprint density at radius 1 is 1.26 bits per heavy atom. The van der Waals surface area contributed by atoms with Crippen molar-refractivity contribution in [1.82, 2.24) is 0 Å². The normalized spacial score (nSPS) is 12.1. The van der Waals surface area contributed by atoms with Crippen LogP contribution in [-0.4, -0.2) is 23.3 Å². The SMILES string of the molecule is CCOC(=Cc1ccc(O)cc1)C(=O)OC(C)(C)C. The molecule has 1 aromatic rings. The molecule has 0 amide bonds. The van der Waals surface area contributed by atoms with Gasteiger partial charge in [-0.15, -0.1) is 0 Å². The summed E-state index contributed by atoms with van der Waals surface area (Å²) in [4.78, 5) is 12.0. The average Bonchev–Trinajstić information content (AvgIpc) is 2.29. The highest BCUT2D eigenvalue weighted by Crippen LogP contribution is 2.16. The van der Waals surface area contributed by atoms with E-state index in [1.807, 2.05) is 0 Å². The van der Waals surface area contributed by atoms with Crippen molar-refractivity contribution in [2.45, 2.75) is 33.3 Å². The number of carbonyl (C=O) groups is 1. The van der Waals surface area contributed by atoms with E-state index in [4.69, 9.17) is 9.47 Å². The second kappa shape index (κ2) is 6.27. The largest absolute Gasteiger partial charge is 0.508 e. The number of hydrogen-bond acceptors (Lipinski definition) is 4. The van der Waals surface area contributed by atoms with Crippen molar-refractivity contribution in [1.29, 1.82) is 0 Å². The zero-order valence-corrected chi connectivity index (χ0v) is 11.8. The summed E-state index contributed by atoms with van der Waals surface area (Å²) in [6, 6.07) is 6.48. The van der Waals surface area contributed by atoms with Crippen LogP contribution in [0.1, 0.15) is 33.3 Å². The van der Waals surface area contributed by atoms with Crippen LogP contribution in [0.25, 0.3) is 6.08 Å². The lowest BCUT2D eigenvalue weighted by molar-refractivity contribution is -0.153. The summed E-state index contributed by atoms with van der Waals surface area (Å²) in [5, 5.41) is 9.21. The number of carbonyl (C=O) groups excluding carboxylic acids is 1. The molecule has 0 heterocycles. The van der Waals surface area contributed by atoms with E-state index in [9.17, 15) is 9.90 Å². The maximum Gasteiger partial charge on any atom is 0.374 e. The Kier molecular flexibility index (Phi) is 4.98. The van der Waals surface area contributed by atoms with Gasteiger partial charge in [-0.25, -0.2) is 4.79 Å². The van der Waals surface area contributed by atoms with E-state index in [1.165, 1.54) is 0 Å². The predicted octanol–water partition coefficient (Wildman–Crippen LogP) is 3.11. The maximum absolute atomic E-state index is 12.0. The molecule has 0 spiro atoms. The minimum atomic E-state index is -0.567. The van der Waals surface area contributed by atoms with Gasteiger partial charge >= 0.3 is 5.97 Å². The molecular formula is C15H20O4. The van der Waals surface area contributed by atoms with E-state index in [0.717, 1.165) is 5.56 Å². The van der Waals surface area contributed by atoms with Crippen LogP contribution in [0.2, 0.25) is 0 Å². The first kappa shape index (κ1) is 15.1. The van der Waals surface area contributed by atoms with Gasteiger partial charge in [-0.3, -0.25) is 0 Å². The third-order valence-corrected chi connectivity index (χ3v) is 2.09. The third-order valence-electron chi connectivity index (χ3n) is 2.09. The average molecular weight is 264 g/mol. The van der Waals surface area contributed by atoms with Gasteiger partial charge in [0.05, 0.1) is 6.61 Å². The first-order valence-electron chi connectivity index (χ1n) is 6.18. The quantitative estimate of drug-likeness (QED) is 0.516. The van der Waals surface area contributed by atoms with Crippen molar-refractivity contribution >= 4 is 12.0 Å². The van der Waals surface area contributed by atoms with E-state index in [-0.39, 0.29) is 11.5 Å². The molecule has 4 nitrogen and oxygen atoms in total. The van der Waals surface area contributed by atoms with Crippen LogP contribution in [0.3, 0.4) is 0 Å². The minimum absolute atomic E-state index is 0.156. The number of aromatic hydroxyl groups is 1. The highest BCUT2D eigenvalue weighted by molar-refractivity contribution is 5.91. The number of hydrogen-bond donors (Lipinski definition) is 1. The molecule has 0 fully saturated rings. The van der Waals surface area contributed by atoms with Gasteiger partial charge in [0.25, 0.3) is 0 Å². The number of ether oxygens (including phenoxy) is 2. The first-order chi connectivity index (χ1) is 8.81. The van der Waals surface area contributed by atoms with Gasteiger partial charge in [-0.05, 0) is 51.5 Å². The molecule has 0 aliphatic carbocycles. The Balaban J connectivity index is 2.93. The van der Waals surface area contributed by atoms with Crippen LogP contribution in [0.4, 0.5) is 0 Å². The van der Waals surface area contributed by atoms with Gasteiger partial charge in [-0.1, -0.05) is 12.1 Å². The lowest BCUT2D eigenvalue weighted by atomic mass is 10.2. The number of phenolic OH excluding ortho intramolecular Hbond substituents is 1. The fourth-order valence-electron chi connectivity index (χ4n) is 1.37. The van der Waals surface area contributed by atoms with Crippen LogP contribution in [-0.2, 0) is 14.3 Å². The molecular weight excluding hydrogens is 244 g/mol. The van der Waals surface area contributed by atoms with Crippen molar-refractivity contribution in [2.24, 2.45) is 0 Å². The van der Waals surface area contributed by atoms with Crippen molar-refractivity contribution in [3.8, 4) is 5.75 Å². The van der Waals surface area contributed by atoms with Crippen molar-refractivity contribution < 1.29 is 19.4 Å². The summed E-state index contributed by atoms with van der Waals surface area (Å²) in [5.41, 5.74) is 0.189. The van der Waals surface area contributed by atoms with Gasteiger partial charge in [0.1, 0.15) is 11.4 Å². The number of esters is 1. The molecule has 0 radical (unpaired) electrons. The highest BCUT2D eigenvalue weighted by atomic mass is 16.6. The fraction of sp³-hybridized carbons (Fsp3) is 0.400. The monoisotopic (exact) mass is 264 g/mol. The zero-order chi connectivity index (χ0) is 14.5. The Bertz CT molecular complexity index is 452. The summed E-state index contributed by atoms with van der Waals surface area (Å²) in [6.45, 7) is 7.58. The summed E-state index contributed by atoms with van der Waals surface area (Å²) < 4.78 is 10.6. The molecule has 0 saturated carbocycles. The van der Waals surface area contributed by atoms with Gasteiger partial charge in [0.2, 0.25) is 5.76 Å². The zero-order valence-electron chi connectivity index (χ0n) is 11.8. The summed E-state index contributed by atoms with van der Waals surface area (Å²) in [6.07, 6.45) is 1.59. The molecule has 19 heavy (non-hydrogen) atoms. The number of rotatable bonds is 4. The Labute approximate surface area is 113 Å². The fourth-order valence-corrected chi connectivity index (χ4v) is 1.37. The minimum Gasteiger partial charge on any atom is -0.508 e. The molecule has 0 aromatic heterocycles. The number of benzene rings is 1. The van der Waals surface area contributed by atoms with Gasteiger partial charge in [-0.2, -0.15) is 0 Å². The second-order valence-corrected chi connectivity index (χ2v) is 5.04. The Morgan fingerprint density at radius 3 is 2.32 bits per heavy atom. The van der Waals surface area contributed by atoms with E-state index < -0.39 is 11.6 Å². The number of phenols is 1. The summed E-state index contributed by atoms with van der Waals surface area (Å²) in [7, 11) is 0. The molecule has 1 aromatic carbocycles. The lowest BCUT2D eigenvalue weighted by Gasteiger charge is -2.20. The molecule has 0 aliphatic heterocycles. The topological polar surface area (TPSA) is 55.8 Å². The molecule has 0 aliphatic rings. The molecule has 4 heteroatoms. The van der Waals surface area contributed by atoms with E-state index in [0.29, 0.717) is 6.61 Å². The van der Waals surface area contributed by atoms with E-state index >= 15 is 0 Å². The van der Waals surface area contributed by atoms with Crippen LogP contribution in [0.15, 0.2) is 30.0 Å². The maximum atomic E-state index is 12.0. The third kappa shape index (κ3) is 5.46. The second-order valence-electron chi connectivity index (χ2n) is 5.04. The Hall–Kier alpha value is -1.97. The van der Waals surface area contributed by atoms with Crippen LogP contribution >= 0.6 is 0 Å². The van der Waals surface area contributed by atoms with Crippen LogP contribution in [0, 0.1) is 0 Å². The predicted molar refractivity (Wildman–Crippen MR) is 73.6 cm³/mol. The molecule has 0 unspecified atom stereocenters. The molecule has 0 atom stereocenters. The van der Waals surface area contributed by atoms with Crippen LogP contribution < -0.4 is 0 Å². The summed E-state index contributed by atoms with van der Waals surface area (Å²) in [5.74, 6) is -0.169.